The van der Waals surface area contributed by atoms with Crippen molar-refractivity contribution in [2.75, 3.05) is 31.1 Å². The number of rotatable bonds is 3. The summed E-state index contributed by atoms with van der Waals surface area (Å²) >= 11 is 6.29. The minimum atomic E-state index is 0.0672. The van der Waals surface area contributed by atoms with Gasteiger partial charge in [0, 0.05) is 43.6 Å². The molecule has 0 N–H and O–H groups in total. The summed E-state index contributed by atoms with van der Waals surface area (Å²) in [6, 6.07) is 17.4. The number of hydrogen-bond donors (Lipinski definition) is 0. The van der Waals surface area contributed by atoms with Crippen molar-refractivity contribution in [1.82, 2.24) is 14.7 Å². The lowest BCUT2D eigenvalue weighted by Gasteiger charge is -2.36. The van der Waals surface area contributed by atoms with E-state index in [0.29, 0.717) is 18.7 Å². The molecular weight excluding hydrogens is 360 g/mol. The Morgan fingerprint density at radius 1 is 0.963 bits per heavy atom. The van der Waals surface area contributed by atoms with Crippen LogP contribution in [0, 0.1) is 6.92 Å². The Bertz CT molecular complexity index is 943. The zero-order valence-corrected chi connectivity index (χ0v) is 15.9. The summed E-state index contributed by atoms with van der Waals surface area (Å²) in [6.45, 7) is 4.93. The van der Waals surface area contributed by atoms with Gasteiger partial charge in [0.2, 0.25) is 0 Å². The van der Waals surface area contributed by atoms with E-state index in [-0.39, 0.29) is 5.91 Å². The van der Waals surface area contributed by atoms with Crippen molar-refractivity contribution in [1.29, 1.82) is 0 Å². The van der Waals surface area contributed by atoms with Crippen LogP contribution in [0.25, 0.3) is 5.69 Å². The van der Waals surface area contributed by atoms with Crippen LogP contribution in [0.4, 0.5) is 5.69 Å². The van der Waals surface area contributed by atoms with Gasteiger partial charge in [0.1, 0.15) is 0 Å². The minimum Gasteiger partial charge on any atom is -0.367 e. The molecule has 1 aliphatic rings. The van der Waals surface area contributed by atoms with Crippen LogP contribution in [0.2, 0.25) is 5.02 Å². The van der Waals surface area contributed by atoms with Crippen LogP contribution in [0.15, 0.2) is 60.8 Å². The van der Waals surface area contributed by atoms with Gasteiger partial charge in [-0.2, -0.15) is 5.10 Å². The number of hydrogen-bond acceptors (Lipinski definition) is 3. The van der Waals surface area contributed by atoms with Crippen molar-refractivity contribution in [2.24, 2.45) is 0 Å². The molecule has 138 valence electrons. The van der Waals surface area contributed by atoms with E-state index in [4.69, 9.17) is 11.6 Å². The molecule has 0 bridgehead atoms. The quantitative estimate of drug-likeness (QED) is 0.694. The van der Waals surface area contributed by atoms with Gasteiger partial charge >= 0.3 is 0 Å². The highest BCUT2D eigenvalue weighted by molar-refractivity contribution is 6.33. The molecule has 0 unspecified atom stereocenters. The lowest BCUT2D eigenvalue weighted by atomic mass is 10.1. The Hall–Kier alpha value is -2.79. The van der Waals surface area contributed by atoms with E-state index in [2.05, 4.69) is 10.00 Å². The zero-order chi connectivity index (χ0) is 18.8. The van der Waals surface area contributed by atoms with Crippen molar-refractivity contribution in [2.45, 2.75) is 6.92 Å². The third-order valence-electron chi connectivity index (χ3n) is 4.95. The standard InChI is InChI=1S/C21H21ClN4O/c1-16-10-11-23-26(16)18-8-6-17(7-9-18)21(27)25-14-12-24(13-15-25)20-5-3-2-4-19(20)22/h2-11H,12-15H2,1H3. The number of carbonyl (C=O) groups excluding carboxylic acids is 1. The molecule has 0 spiro atoms. The number of para-hydroxylation sites is 1. The summed E-state index contributed by atoms with van der Waals surface area (Å²) in [5.41, 5.74) is 3.75. The number of halogens is 1. The summed E-state index contributed by atoms with van der Waals surface area (Å²) in [5.74, 6) is 0.0672. The molecule has 1 fully saturated rings. The van der Waals surface area contributed by atoms with Crippen LogP contribution in [-0.2, 0) is 0 Å². The molecule has 1 saturated heterocycles. The Morgan fingerprint density at radius 2 is 1.67 bits per heavy atom. The topological polar surface area (TPSA) is 41.4 Å². The van der Waals surface area contributed by atoms with Gasteiger partial charge in [-0.15, -0.1) is 0 Å². The fraction of sp³-hybridized carbons (Fsp3) is 0.238. The van der Waals surface area contributed by atoms with Crippen LogP contribution in [-0.4, -0.2) is 46.8 Å². The van der Waals surface area contributed by atoms with Gasteiger partial charge in [-0.05, 0) is 49.4 Å². The Kier molecular flexibility index (Phi) is 4.86. The van der Waals surface area contributed by atoms with Crippen LogP contribution >= 0.6 is 11.6 Å². The van der Waals surface area contributed by atoms with Gasteiger partial charge in [-0.25, -0.2) is 4.68 Å². The molecule has 0 atom stereocenters. The number of nitrogens with zero attached hydrogens (tertiary/aromatic N) is 4. The predicted molar refractivity (Wildman–Crippen MR) is 108 cm³/mol. The van der Waals surface area contributed by atoms with E-state index >= 15 is 0 Å². The molecule has 1 amide bonds. The predicted octanol–water partition coefficient (Wildman–Crippen LogP) is 3.80. The SMILES string of the molecule is Cc1ccnn1-c1ccc(C(=O)N2CCN(c3ccccc3Cl)CC2)cc1. The van der Waals surface area contributed by atoms with E-state index in [9.17, 15) is 4.79 Å². The molecule has 27 heavy (non-hydrogen) atoms. The van der Waals surface area contributed by atoms with E-state index in [1.807, 2.05) is 71.1 Å². The van der Waals surface area contributed by atoms with Gasteiger partial charge in [0.15, 0.2) is 0 Å². The second-order valence-corrected chi connectivity index (χ2v) is 7.07. The highest BCUT2D eigenvalue weighted by Crippen LogP contribution is 2.26. The second kappa shape index (κ2) is 7.45. The van der Waals surface area contributed by atoms with E-state index in [0.717, 1.165) is 35.2 Å². The number of piperazine rings is 1. The molecule has 1 aromatic heterocycles. The monoisotopic (exact) mass is 380 g/mol. The molecule has 0 aliphatic carbocycles. The first kappa shape index (κ1) is 17.6. The maximum Gasteiger partial charge on any atom is 0.253 e. The molecule has 0 saturated carbocycles. The lowest BCUT2D eigenvalue weighted by molar-refractivity contribution is 0.0747. The molecule has 4 rings (SSSR count). The van der Waals surface area contributed by atoms with E-state index in [1.54, 1.807) is 6.20 Å². The molecule has 6 heteroatoms. The minimum absolute atomic E-state index is 0.0672. The van der Waals surface area contributed by atoms with Gasteiger partial charge < -0.3 is 9.80 Å². The number of amides is 1. The van der Waals surface area contributed by atoms with Gasteiger partial charge in [0.05, 0.1) is 16.4 Å². The number of carbonyl (C=O) groups is 1. The van der Waals surface area contributed by atoms with Crippen LogP contribution in [0.5, 0.6) is 0 Å². The van der Waals surface area contributed by atoms with Crippen molar-refractivity contribution >= 4 is 23.2 Å². The first-order chi connectivity index (χ1) is 13.1. The maximum absolute atomic E-state index is 12.8. The fourth-order valence-electron chi connectivity index (χ4n) is 3.43. The first-order valence-electron chi connectivity index (χ1n) is 9.03. The first-order valence-corrected chi connectivity index (χ1v) is 9.41. The zero-order valence-electron chi connectivity index (χ0n) is 15.2. The molecule has 5 nitrogen and oxygen atoms in total. The average Bonchev–Trinajstić information content (AvgIpc) is 3.14. The van der Waals surface area contributed by atoms with Crippen LogP contribution < -0.4 is 4.90 Å². The molecule has 3 aromatic rings. The molecule has 0 radical (unpaired) electrons. The number of aromatic nitrogens is 2. The second-order valence-electron chi connectivity index (χ2n) is 6.66. The molecule has 2 heterocycles. The normalized spacial score (nSPS) is 14.4. The van der Waals surface area contributed by atoms with Gasteiger partial charge in [-0.3, -0.25) is 4.79 Å². The van der Waals surface area contributed by atoms with Crippen molar-refractivity contribution in [3.05, 3.63) is 77.1 Å². The average molecular weight is 381 g/mol. The van der Waals surface area contributed by atoms with Gasteiger partial charge in [-0.1, -0.05) is 23.7 Å². The maximum atomic E-state index is 12.8. The Labute approximate surface area is 163 Å². The number of aryl methyl sites for hydroxylation is 1. The Balaban J connectivity index is 1.42. The summed E-state index contributed by atoms with van der Waals surface area (Å²) in [4.78, 5) is 17.0. The van der Waals surface area contributed by atoms with Crippen molar-refractivity contribution in [3.63, 3.8) is 0 Å². The third-order valence-corrected chi connectivity index (χ3v) is 5.27. The largest absolute Gasteiger partial charge is 0.367 e. The summed E-state index contributed by atoms with van der Waals surface area (Å²) in [6.07, 6.45) is 1.77. The summed E-state index contributed by atoms with van der Waals surface area (Å²) in [5, 5.41) is 5.05. The molecular formula is C21H21ClN4O. The number of anilines is 1. The summed E-state index contributed by atoms with van der Waals surface area (Å²) in [7, 11) is 0. The van der Waals surface area contributed by atoms with Crippen LogP contribution in [0.1, 0.15) is 16.1 Å². The van der Waals surface area contributed by atoms with Crippen molar-refractivity contribution in [3.8, 4) is 5.69 Å². The van der Waals surface area contributed by atoms with Crippen LogP contribution in [0.3, 0.4) is 0 Å². The lowest BCUT2D eigenvalue weighted by Crippen LogP contribution is -2.48. The summed E-state index contributed by atoms with van der Waals surface area (Å²) < 4.78 is 1.86. The smallest absolute Gasteiger partial charge is 0.253 e. The van der Waals surface area contributed by atoms with Gasteiger partial charge in [0.25, 0.3) is 5.91 Å². The third kappa shape index (κ3) is 3.55. The highest BCUT2D eigenvalue weighted by atomic mass is 35.5. The van der Waals surface area contributed by atoms with Crippen molar-refractivity contribution < 1.29 is 4.79 Å². The molecule has 2 aromatic carbocycles. The fourth-order valence-corrected chi connectivity index (χ4v) is 3.68. The molecule has 1 aliphatic heterocycles. The van der Waals surface area contributed by atoms with E-state index in [1.165, 1.54) is 0 Å². The van der Waals surface area contributed by atoms with E-state index < -0.39 is 0 Å². The number of benzene rings is 2. The Morgan fingerprint density at radius 3 is 2.30 bits per heavy atom. The highest BCUT2D eigenvalue weighted by Gasteiger charge is 2.23.